The summed E-state index contributed by atoms with van der Waals surface area (Å²) in [5.41, 5.74) is 1.36. The summed E-state index contributed by atoms with van der Waals surface area (Å²) in [5.74, 6) is 0. The molecule has 98 valence electrons. The highest BCUT2D eigenvalue weighted by Crippen LogP contribution is 2.25. The van der Waals surface area contributed by atoms with Gasteiger partial charge in [-0.3, -0.25) is 0 Å². The zero-order valence-electron chi connectivity index (χ0n) is 9.45. The quantitative estimate of drug-likeness (QED) is 0.609. The van der Waals surface area contributed by atoms with Gasteiger partial charge in [-0.2, -0.15) is 0 Å². The Balaban J connectivity index is 2.05. The number of thiocarbonyl (C=S) groups is 1. The minimum absolute atomic E-state index is 0.348. The second kappa shape index (κ2) is 6.39. The minimum atomic E-state index is 0.348. The first-order valence-electron chi connectivity index (χ1n) is 5.20. The van der Waals surface area contributed by atoms with Gasteiger partial charge < -0.3 is 10.6 Å². The Bertz CT molecular complexity index is 619. The lowest BCUT2D eigenvalue weighted by Crippen LogP contribution is -2.19. The highest BCUT2D eigenvalue weighted by molar-refractivity contribution is 7.80. The van der Waals surface area contributed by atoms with Crippen molar-refractivity contribution >= 4 is 63.5 Å². The van der Waals surface area contributed by atoms with Crippen LogP contribution in [0, 0.1) is 0 Å². The fraction of sp³-hybridized carbons (Fsp3) is 0. The van der Waals surface area contributed by atoms with Gasteiger partial charge in [0.25, 0.3) is 0 Å². The number of nitrogens with zero attached hydrogens (tertiary/aromatic N) is 1. The molecule has 19 heavy (non-hydrogen) atoms. The molecule has 0 fully saturated rings. The number of hydrogen-bond donors (Lipinski definition) is 2. The number of rotatable bonds is 2. The minimum Gasteiger partial charge on any atom is -0.332 e. The molecule has 0 amide bonds. The van der Waals surface area contributed by atoms with E-state index in [-0.39, 0.29) is 0 Å². The van der Waals surface area contributed by atoms with Crippen LogP contribution >= 0.6 is 47.0 Å². The molecule has 0 bridgehead atoms. The molecular formula is C12H8Cl3N3S. The first kappa shape index (κ1) is 14.3. The van der Waals surface area contributed by atoms with E-state index in [1.165, 1.54) is 0 Å². The summed E-state index contributed by atoms with van der Waals surface area (Å²) in [5, 5.41) is 7.59. The molecule has 1 heterocycles. The van der Waals surface area contributed by atoms with Crippen LogP contribution in [0.3, 0.4) is 0 Å². The third kappa shape index (κ3) is 3.94. The molecule has 2 rings (SSSR count). The summed E-state index contributed by atoms with van der Waals surface area (Å²) in [6.45, 7) is 0. The molecule has 0 aliphatic rings. The maximum atomic E-state index is 5.92. The maximum Gasteiger partial charge on any atom is 0.175 e. The maximum absolute atomic E-state index is 5.92. The van der Waals surface area contributed by atoms with Crippen molar-refractivity contribution in [1.82, 2.24) is 4.98 Å². The van der Waals surface area contributed by atoms with E-state index in [1.54, 1.807) is 36.5 Å². The van der Waals surface area contributed by atoms with Gasteiger partial charge in [-0.05, 0) is 42.5 Å². The Morgan fingerprint density at radius 1 is 1.05 bits per heavy atom. The molecule has 7 heteroatoms. The molecular weight excluding hydrogens is 325 g/mol. The third-order valence-corrected chi connectivity index (χ3v) is 3.43. The van der Waals surface area contributed by atoms with Crippen LogP contribution in [-0.4, -0.2) is 10.1 Å². The van der Waals surface area contributed by atoms with E-state index in [1.807, 2.05) is 0 Å². The van der Waals surface area contributed by atoms with Crippen molar-refractivity contribution in [1.29, 1.82) is 0 Å². The second-order valence-corrected chi connectivity index (χ2v) is 5.13. The lowest BCUT2D eigenvalue weighted by Gasteiger charge is -2.11. The average Bonchev–Trinajstić information content (AvgIpc) is 2.37. The van der Waals surface area contributed by atoms with Gasteiger partial charge in [-0.25, -0.2) is 4.98 Å². The predicted octanol–water partition coefficient (Wildman–Crippen LogP) is 4.85. The lowest BCUT2D eigenvalue weighted by atomic mass is 10.3. The lowest BCUT2D eigenvalue weighted by molar-refractivity contribution is 1.33. The molecule has 0 aliphatic carbocycles. The van der Waals surface area contributed by atoms with Crippen molar-refractivity contribution in [3.63, 3.8) is 0 Å². The van der Waals surface area contributed by atoms with Crippen LogP contribution in [0.25, 0.3) is 0 Å². The van der Waals surface area contributed by atoms with Crippen LogP contribution in [-0.2, 0) is 0 Å². The van der Waals surface area contributed by atoms with Crippen LogP contribution in [0.5, 0.6) is 0 Å². The molecule has 0 aliphatic heterocycles. The SMILES string of the molecule is S=C(Nc1ccc(Cl)c(Cl)c1)Nc1cccnc1Cl. The predicted molar refractivity (Wildman–Crippen MR) is 85.6 cm³/mol. The van der Waals surface area contributed by atoms with Crippen LogP contribution in [0.2, 0.25) is 15.2 Å². The van der Waals surface area contributed by atoms with E-state index in [2.05, 4.69) is 15.6 Å². The molecule has 1 aromatic carbocycles. The fourth-order valence-electron chi connectivity index (χ4n) is 1.34. The molecule has 3 nitrogen and oxygen atoms in total. The number of anilines is 2. The third-order valence-electron chi connectivity index (χ3n) is 2.18. The second-order valence-electron chi connectivity index (χ2n) is 3.55. The number of aromatic nitrogens is 1. The summed E-state index contributed by atoms with van der Waals surface area (Å²) in [7, 11) is 0. The van der Waals surface area contributed by atoms with Gasteiger partial charge in [0, 0.05) is 11.9 Å². The number of benzene rings is 1. The van der Waals surface area contributed by atoms with E-state index in [4.69, 9.17) is 47.0 Å². The number of halogens is 3. The van der Waals surface area contributed by atoms with Gasteiger partial charge in [-0.1, -0.05) is 34.8 Å². The normalized spacial score (nSPS) is 10.1. The van der Waals surface area contributed by atoms with Gasteiger partial charge in [0.15, 0.2) is 10.3 Å². The Hall–Kier alpha value is -1.07. The van der Waals surface area contributed by atoms with Crippen molar-refractivity contribution in [3.05, 3.63) is 51.7 Å². The van der Waals surface area contributed by atoms with Crippen molar-refractivity contribution in [2.75, 3.05) is 10.6 Å². The molecule has 0 atom stereocenters. The van der Waals surface area contributed by atoms with Gasteiger partial charge in [0.05, 0.1) is 15.7 Å². The molecule has 2 N–H and O–H groups in total. The topological polar surface area (TPSA) is 37.0 Å². The molecule has 0 spiro atoms. The zero-order chi connectivity index (χ0) is 13.8. The van der Waals surface area contributed by atoms with Gasteiger partial charge in [0.2, 0.25) is 0 Å². The molecule has 0 radical (unpaired) electrons. The summed E-state index contributed by atoms with van der Waals surface area (Å²) >= 11 is 22.8. The summed E-state index contributed by atoms with van der Waals surface area (Å²) in [4.78, 5) is 3.94. The number of hydrogen-bond acceptors (Lipinski definition) is 2. The number of pyridine rings is 1. The average molecular weight is 333 g/mol. The van der Waals surface area contributed by atoms with Gasteiger partial charge in [0.1, 0.15) is 0 Å². The van der Waals surface area contributed by atoms with Crippen molar-refractivity contribution in [3.8, 4) is 0 Å². The van der Waals surface area contributed by atoms with Crippen LogP contribution in [0.1, 0.15) is 0 Å². The molecule has 0 saturated carbocycles. The smallest absolute Gasteiger partial charge is 0.175 e. The summed E-state index contributed by atoms with van der Waals surface area (Å²) < 4.78 is 0. The zero-order valence-corrected chi connectivity index (χ0v) is 12.5. The van der Waals surface area contributed by atoms with E-state index in [9.17, 15) is 0 Å². The van der Waals surface area contributed by atoms with E-state index >= 15 is 0 Å². The Labute approximate surface area is 130 Å². The molecule has 1 aromatic heterocycles. The Morgan fingerprint density at radius 2 is 1.84 bits per heavy atom. The first-order chi connectivity index (χ1) is 9.06. The highest BCUT2D eigenvalue weighted by atomic mass is 35.5. The molecule has 0 saturated heterocycles. The summed E-state index contributed by atoms with van der Waals surface area (Å²) in [6.07, 6.45) is 1.60. The Morgan fingerprint density at radius 3 is 2.53 bits per heavy atom. The van der Waals surface area contributed by atoms with Gasteiger partial charge in [-0.15, -0.1) is 0 Å². The fourth-order valence-corrected chi connectivity index (χ4v) is 2.03. The standard InChI is InChI=1S/C12H8Cl3N3S/c13-8-4-3-7(6-9(8)14)17-12(19)18-10-2-1-5-16-11(10)15/h1-6H,(H2,17,18,19). The largest absolute Gasteiger partial charge is 0.332 e. The van der Waals surface area contributed by atoms with Crippen molar-refractivity contribution in [2.24, 2.45) is 0 Å². The van der Waals surface area contributed by atoms with Crippen molar-refractivity contribution < 1.29 is 0 Å². The molecule has 2 aromatic rings. The van der Waals surface area contributed by atoms with E-state index in [0.717, 1.165) is 5.69 Å². The van der Waals surface area contributed by atoms with Crippen LogP contribution < -0.4 is 10.6 Å². The van der Waals surface area contributed by atoms with Crippen LogP contribution in [0.15, 0.2) is 36.5 Å². The van der Waals surface area contributed by atoms with Crippen molar-refractivity contribution in [2.45, 2.75) is 0 Å². The highest BCUT2D eigenvalue weighted by Gasteiger charge is 2.04. The molecule has 0 unspecified atom stereocenters. The Kier molecular flexibility index (Phi) is 4.82. The number of nitrogens with one attached hydrogen (secondary N) is 2. The van der Waals surface area contributed by atoms with E-state index < -0.39 is 0 Å². The monoisotopic (exact) mass is 331 g/mol. The van der Waals surface area contributed by atoms with Gasteiger partial charge >= 0.3 is 0 Å². The van der Waals surface area contributed by atoms with E-state index in [0.29, 0.717) is 26.0 Å². The first-order valence-corrected chi connectivity index (χ1v) is 6.74. The van der Waals surface area contributed by atoms with Crippen LogP contribution in [0.4, 0.5) is 11.4 Å². The summed E-state index contributed by atoms with van der Waals surface area (Å²) in [6, 6.07) is 8.68.